The standard InChI is InChI=1S/C22H26N6O2/c1-2-24-21(29)15-8-10-17(11-9-15)26-19(14-25-16-6-4-3-5-7-16)20(28-23)22(30)27-18-12-13-18/h3-11,18,23,25-26H,2,12-14H2,1H3,(H,24,29)(H,27,30)/p+1/b20-19-,28-23?. The van der Waals surface area contributed by atoms with Gasteiger partial charge in [0.25, 0.3) is 11.8 Å². The smallest absolute Gasteiger partial charge is 0.277 e. The van der Waals surface area contributed by atoms with Gasteiger partial charge in [-0.1, -0.05) is 18.2 Å². The molecular formula is C22H27N6O2+. The number of hydrogen-bond acceptors (Lipinski definition) is 5. The molecule has 2 amide bonds. The zero-order valence-electron chi connectivity index (χ0n) is 16.9. The number of carbonyl (C=O) groups excluding carboxylic acids is 2. The largest absolute Gasteiger partial charge is 0.376 e. The lowest BCUT2D eigenvalue weighted by Gasteiger charge is -2.12. The molecule has 0 heterocycles. The summed E-state index contributed by atoms with van der Waals surface area (Å²) >= 11 is 0. The van der Waals surface area contributed by atoms with Gasteiger partial charge in [0.1, 0.15) is 5.69 Å². The molecule has 30 heavy (non-hydrogen) atoms. The Morgan fingerprint density at radius 3 is 2.40 bits per heavy atom. The third-order valence-electron chi connectivity index (χ3n) is 4.65. The number of nitrogens with two attached hydrogens (primary N) is 1. The number of hydrogen-bond donors (Lipinski definition) is 5. The summed E-state index contributed by atoms with van der Waals surface area (Å²) in [5.41, 5.74) is 10.5. The summed E-state index contributed by atoms with van der Waals surface area (Å²) in [5.74, 6) is -0.469. The molecule has 0 aliphatic heterocycles. The fraction of sp³-hybridized carbons (Fsp3) is 0.273. The molecule has 1 aliphatic rings. The van der Waals surface area contributed by atoms with Crippen molar-refractivity contribution in [2.75, 3.05) is 18.4 Å². The SMILES string of the molecule is CCNC(=O)c1ccc([NH2+]/C(CNc2ccccc2)=C(\N=N)C(=O)NC2CC2)cc1. The Balaban J connectivity index is 1.80. The molecule has 2 aromatic carbocycles. The summed E-state index contributed by atoms with van der Waals surface area (Å²) in [6.45, 7) is 2.77. The van der Waals surface area contributed by atoms with E-state index in [9.17, 15) is 9.59 Å². The highest BCUT2D eigenvalue weighted by atomic mass is 16.2. The molecule has 0 unspecified atom stereocenters. The van der Waals surface area contributed by atoms with Gasteiger partial charge in [0.05, 0.1) is 6.54 Å². The van der Waals surface area contributed by atoms with Crippen LogP contribution in [0, 0.1) is 5.53 Å². The van der Waals surface area contributed by atoms with Gasteiger partial charge in [-0.15, -0.1) is 5.11 Å². The number of anilines is 1. The van der Waals surface area contributed by atoms with Crippen molar-refractivity contribution in [3.8, 4) is 0 Å². The molecule has 1 saturated carbocycles. The Labute approximate surface area is 175 Å². The number of quaternary nitrogens is 1. The van der Waals surface area contributed by atoms with Crippen LogP contribution in [0.1, 0.15) is 30.1 Å². The monoisotopic (exact) mass is 407 g/mol. The lowest BCUT2D eigenvalue weighted by molar-refractivity contribution is -0.518. The van der Waals surface area contributed by atoms with Gasteiger partial charge in [-0.2, -0.15) is 0 Å². The van der Waals surface area contributed by atoms with E-state index < -0.39 is 0 Å². The van der Waals surface area contributed by atoms with Crippen molar-refractivity contribution in [3.63, 3.8) is 0 Å². The third kappa shape index (κ3) is 5.99. The summed E-state index contributed by atoms with van der Waals surface area (Å²) < 4.78 is 0. The Morgan fingerprint density at radius 1 is 1.10 bits per heavy atom. The second-order valence-electron chi connectivity index (χ2n) is 7.08. The maximum Gasteiger partial charge on any atom is 0.277 e. The minimum absolute atomic E-state index is 0.0816. The molecular weight excluding hydrogens is 380 g/mol. The number of para-hydroxylation sites is 1. The molecule has 0 saturated heterocycles. The lowest BCUT2D eigenvalue weighted by atomic mass is 10.2. The van der Waals surface area contributed by atoms with Crippen molar-refractivity contribution in [2.45, 2.75) is 25.8 Å². The number of rotatable bonds is 10. The maximum atomic E-state index is 12.6. The Morgan fingerprint density at radius 2 is 1.80 bits per heavy atom. The summed E-state index contributed by atoms with van der Waals surface area (Å²) in [6.07, 6.45) is 1.92. The molecule has 156 valence electrons. The molecule has 8 nitrogen and oxygen atoms in total. The van der Waals surface area contributed by atoms with Crippen LogP contribution in [0.15, 0.2) is 71.1 Å². The molecule has 0 radical (unpaired) electrons. The van der Waals surface area contributed by atoms with Gasteiger partial charge >= 0.3 is 0 Å². The second-order valence-corrected chi connectivity index (χ2v) is 7.08. The van der Waals surface area contributed by atoms with E-state index in [0.29, 0.717) is 24.4 Å². The maximum absolute atomic E-state index is 12.6. The van der Waals surface area contributed by atoms with Crippen molar-refractivity contribution in [1.29, 1.82) is 5.53 Å². The van der Waals surface area contributed by atoms with Gasteiger partial charge in [0.2, 0.25) is 5.70 Å². The van der Waals surface area contributed by atoms with E-state index in [2.05, 4.69) is 21.1 Å². The van der Waals surface area contributed by atoms with E-state index in [-0.39, 0.29) is 23.6 Å². The van der Waals surface area contributed by atoms with Crippen LogP contribution in [0.5, 0.6) is 0 Å². The molecule has 0 atom stereocenters. The van der Waals surface area contributed by atoms with E-state index in [0.717, 1.165) is 24.2 Å². The first-order valence-electron chi connectivity index (χ1n) is 10.0. The Bertz CT molecular complexity index is 920. The van der Waals surface area contributed by atoms with Gasteiger partial charge in [-0.3, -0.25) is 14.9 Å². The van der Waals surface area contributed by atoms with Crippen LogP contribution >= 0.6 is 0 Å². The molecule has 2 aromatic rings. The van der Waals surface area contributed by atoms with Crippen molar-refractivity contribution in [2.24, 2.45) is 5.11 Å². The van der Waals surface area contributed by atoms with Crippen LogP contribution in [0.2, 0.25) is 0 Å². The van der Waals surface area contributed by atoms with E-state index in [1.807, 2.05) is 54.7 Å². The summed E-state index contributed by atoms with van der Waals surface area (Å²) in [5, 5.41) is 14.3. The number of nitrogens with zero attached hydrogens (tertiary/aromatic N) is 1. The van der Waals surface area contributed by atoms with Crippen molar-refractivity contribution in [3.05, 3.63) is 71.6 Å². The first-order valence-corrected chi connectivity index (χ1v) is 10.0. The summed E-state index contributed by atoms with van der Waals surface area (Å²) in [4.78, 5) is 24.6. The molecule has 6 N–H and O–H groups in total. The van der Waals surface area contributed by atoms with Gasteiger partial charge in [0.15, 0.2) is 5.70 Å². The number of benzene rings is 2. The van der Waals surface area contributed by atoms with Crippen LogP contribution in [-0.2, 0) is 4.79 Å². The normalized spacial score (nSPS) is 13.8. The van der Waals surface area contributed by atoms with Gasteiger partial charge < -0.3 is 16.0 Å². The predicted octanol–water partition coefficient (Wildman–Crippen LogP) is 2.26. The van der Waals surface area contributed by atoms with E-state index in [4.69, 9.17) is 5.53 Å². The van der Waals surface area contributed by atoms with Crippen LogP contribution in [0.3, 0.4) is 0 Å². The van der Waals surface area contributed by atoms with E-state index in [1.165, 1.54) is 0 Å². The molecule has 8 heteroatoms. The van der Waals surface area contributed by atoms with Gasteiger partial charge in [-0.25, -0.2) is 5.53 Å². The fourth-order valence-electron chi connectivity index (χ4n) is 2.90. The van der Waals surface area contributed by atoms with Crippen LogP contribution < -0.4 is 21.3 Å². The van der Waals surface area contributed by atoms with Gasteiger partial charge in [0, 0.05) is 36.0 Å². The Hall–Kier alpha value is -3.52. The average molecular weight is 407 g/mol. The van der Waals surface area contributed by atoms with Gasteiger partial charge in [-0.05, 0) is 44.0 Å². The fourth-order valence-corrected chi connectivity index (χ4v) is 2.90. The highest BCUT2D eigenvalue weighted by Crippen LogP contribution is 2.19. The van der Waals surface area contributed by atoms with Crippen molar-refractivity contribution in [1.82, 2.24) is 10.6 Å². The molecule has 0 bridgehead atoms. The zero-order chi connectivity index (χ0) is 21.3. The minimum atomic E-state index is -0.340. The first-order chi connectivity index (χ1) is 14.6. The molecule has 1 aliphatic carbocycles. The number of nitrogens with one attached hydrogen (secondary N) is 4. The third-order valence-corrected chi connectivity index (χ3v) is 4.65. The van der Waals surface area contributed by atoms with Crippen LogP contribution in [0.4, 0.5) is 11.4 Å². The highest BCUT2D eigenvalue weighted by molar-refractivity contribution is 5.94. The average Bonchev–Trinajstić information content (AvgIpc) is 3.57. The first kappa shape index (κ1) is 21.2. The van der Waals surface area contributed by atoms with Crippen LogP contribution in [0.25, 0.3) is 0 Å². The lowest BCUT2D eigenvalue weighted by Crippen LogP contribution is -2.77. The molecule has 1 fully saturated rings. The number of amides is 2. The van der Waals surface area contributed by atoms with Crippen LogP contribution in [-0.4, -0.2) is 30.9 Å². The van der Waals surface area contributed by atoms with E-state index >= 15 is 0 Å². The quantitative estimate of drug-likeness (QED) is 0.236. The second kappa shape index (κ2) is 10.3. The zero-order valence-corrected chi connectivity index (χ0v) is 16.9. The summed E-state index contributed by atoms with van der Waals surface area (Å²) in [7, 11) is 0. The van der Waals surface area contributed by atoms with Crippen molar-refractivity contribution >= 4 is 23.2 Å². The summed E-state index contributed by atoms with van der Waals surface area (Å²) in [6, 6.07) is 16.9. The topological polar surface area (TPSA) is 123 Å². The van der Waals surface area contributed by atoms with Crippen molar-refractivity contribution < 1.29 is 14.9 Å². The molecule has 3 rings (SSSR count). The Kier molecular flexibility index (Phi) is 7.29. The number of carbonyl (C=O) groups is 2. The van der Waals surface area contributed by atoms with E-state index in [1.54, 1.807) is 12.1 Å². The molecule has 0 aromatic heterocycles. The minimum Gasteiger partial charge on any atom is -0.376 e. The highest BCUT2D eigenvalue weighted by Gasteiger charge is 2.27. The molecule has 0 spiro atoms. The predicted molar refractivity (Wildman–Crippen MR) is 114 cm³/mol.